The Morgan fingerprint density at radius 2 is 1.96 bits per heavy atom. The second-order valence-electron chi connectivity index (χ2n) is 7.33. The maximum absolute atomic E-state index is 12.9. The number of hydrogen-bond donors (Lipinski definition) is 0. The van der Waals surface area contributed by atoms with Crippen molar-refractivity contribution >= 4 is 56.9 Å². The molecule has 142 valence electrons. The molecule has 0 aliphatic carbocycles. The van der Waals surface area contributed by atoms with Crippen LogP contribution in [0, 0.1) is 10.4 Å². The summed E-state index contributed by atoms with van der Waals surface area (Å²) in [5.74, 6) is 0.0835. The number of thioether (sulfide) groups is 2. The molecule has 0 fully saturated rings. The number of hydrogen-bond acceptors (Lipinski definition) is 7. The van der Waals surface area contributed by atoms with Crippen LogP contribution in [-0.2, 0) is 0 Å². The third-order valence-electron chi connectivity index (χ3n) is 5.28. The molecular weight excluding hydrogens is 418 g/mol. The molecule has 0 saturated heterocycles. The Kier molecular flexibility index (Phi) is 4.79. The maximum atomic E-state index is 12.9. The third kappa shape index (κ3) is 3.00. The second-order valence-corrected chi connectivity index (χ2v) is 11.9. The van der Waals surface area contributed by atoms with Crippen molar-refractivity contribution in [3.8, 4) is 0 Å². The van der Waals surface area contributed by atoms with E-state index in [1.165, 1.54) is 4.19 Å². The lowest BCUT2D eigenvalue weighted by Gasteiger charge is -2.38. The van der Waals surface area contributed by atoms with Crippen molar-refractivity contribution < 1.29 is 4.74 Å². The lowest BCUT2D eigenvalue weighted by Crippen LogP contribution is -2.52. The quantitative estimate of drug-likeness (QED) is 0.354. The number of pyridine rings is 1. The van der Waals surface area contributed by atoms with Gasteiger partial charge in [0.25, 0.3) is 10.0 Å². The molecule has 4 heterocycles. The van der Waals surface area contributed by atoms with Gasteiger partial charge in [-0.2, -0.15) is 0 Å². The van der Waals surface area contributed by atoms with E-state index in [0.29, 0.717) is 10.3 Å². The summed E-state index contributed by atoms with van der Waals surface area (Å²) in [5, 5.41) is 32.9. The molecule has 0 radical (unpaired) electrons. The van der Waals surface area contributed by atoms with Crippen LogP contribution in [0.15, 0.2) is 34.4 Å². The van der Waals surface area contributed by atoms with Gasteiger partial charge in [0.1, 0.15) is 26.4 Å². The molecule has 1 unspecified atom stereocenters. The van der Waals surface area contributed by atoms with Crippen molar-refractivity contribution in [3.05, 3.63) is 60.4 Å². The Labute approximate surface area is 175 Å². The lowest BCUT2D eigenvalue weighted by molar-refractivity contribution is -0.539. The summed E-state index contributed by atoms with van der Waals surface area (Å²) < 4.78 is 2.52. The molecule has 0 bridgehead atoms. The van der Waals surface area contributed by atoms with Crippen molar-refractivity contribution in [1.29, 1.82) is 0 Å². The van der Waals surface area contributed by atoms with Gasteiger partial charge in [-0.15, -0.1) is 11.8 Å². The highest BCUT2D eigenvalue weighted by molar-refractivity contribution is 8.25. The Morgan fingerprint density at radius 3 is 2.59 bits per heavy atom. The minimum atomic E-state index is -0.843. The van der Waals surface area contributed by atoms with Gasteiger partial charge in [0.05, 0.1) is 28.4 Å². The monoisotopic (exact) mass is 437 g/mol. The minimum Gasteiger partial charge on any atom is -0.714 e. The molecule has 2 aromatic rings. The topological polar surface area (TPSA) is 65.3 Å². The van der Waals surface area contributed by atoms with E-state index in [2.05, 4.69) is 21.2 Å². The molecule has 0 spiro atoms. The van der Waals surface area contributed by atoms with E-state index in [9.17, 15) is 10.4 Å². The zero-order chi connectivity index (χ0) is 19.4. The Balaban J connectivity index is 1.66. The first-order valence-corrected chi connectivity index (χ1v) is 12.0. The number of rotatable bonds is 3. The van der Waals surface area contributed by atoms with Crippen LogP contribution in [0.5, 0.6) is 0 Å². The van der Waals surface area contributed by atoms with Gasteiger partial charge in [0.15, 0.2) is 5.69 Å². The Morgan fingerprint density at radius 1 is 1.22 bits per heavy atom. The molecule has 4 rings (SSSR count). The summed E-state index contributed by atoms with van der Waals surface area (Å²) in [7, 11) is 0. The van der Waals surface area contributed by atoms with E-state index in [-0.39, 0.29) is 5.84 Å². The summed E-state index contributed by atoms with van der Waals surface area (Å²) in [6.07, 6.45) is 0. The normalized spacial score (nSPS) is 23.8. The van der Waals surface area contributed by atoms with E-state index in [4.69, 9.17) is 0 Å². The number of aromatic nitrogens is 1. The summed E-state index contributed by atoms with van der Waals surface area (Å²) in [6, 6.07) is 5.52. The van der Waals surface area contributed by atoms with Crippen LogP contribution in [0.4, 0.5) is 0 Å². The van der Waals surface area contributed by atoms with E-state index in [0.717, 1.165) is 20.4 Å². The van der Waals surface area contributed by atoms with Gasteiger partial charge < -0.3 is 10.4 Å². The third-order valence-corrected chi connectivity index (χ3v) is 10.8. The highest BCUT2D eigenvalue weighted by Gasteiger charge is 2.55. The average molecular weight is 438 g/mol. The van der Waals surface area contributed by atoms with Crippen LogP contribution < -0.4 is 0 Å². The maximum Gasteiger partial charge on any atom is 0.297 e. The van der Waals surface area contributed by atoms with Gasteiger partial charge >= 0.3 is 0 Å². The number of amidine groups is 1. The van der Waals surface area contributed by atoms with E-state index in [1.807, 2.05) is 12.1 Å². The second kappa shape index (κ2) is 6.73. The van der Waals surface area contributed by atoms with Gasteiger partial charge in [-0.25, -0.2) is 4.98 Å². The van der Waals surface area contributed by atoms with Gasteiger partial charge in [-0.05, 0) is 45.2 Å². The molecule has 0 saturated carbocycles. The van der Waals surface area contributed by atoms with E-state index in [1.54, 1.807) is 80.0 Å². The van der Waals surface area contributed by atoms with Crippen molar-refractivity contribution in [2.75, 3.05) is 0 Å². The fourth-order valence-corrected chi connectivity index (χ4v) is 7.77. The molecule has 27 heavy (non-hydrogen) atoms. The van der Waals surface area contributed by atoms with Crippen molar-refractivity contribution in [2.24, 2.45) is 0 Å². The standard InChI is InChI=1S/C18H19N3O2S4/c1-17(2)18(3,4)21(23)14(20(17)22)12-7-5-6-11(19-12)13-10-26-16(27-13)15-24-8-9-25-15/h5-10,16H,1-4H3. The van der Waals surface area contributed by atoms with Crippen LogP contribution in [0.2, 0.25) is 0 Å². The predicted octanol–water partition coefficient (Wildman–Crippen LogP) is 5.59. The average Bonchev–Trinajstić information content (AvgIpc) is 3.34. The number of nitrogens with zero attached hydrogens (tertiary/aromatic N) is 3. The molecule has 0 N–H and O–H groups in total. The Hall–Kier alpha value is -1.13. The summed E-state index contributed by atoms with van der Waals surface area (Å²) in [6.45, 7) is 7.17. The summed E-state index contributed by atoms with van der Waals surface area (Å²) in [5.41, 5.74) is -0.467. The highest BCUT2D eigenvalue weighted by atomic mass is 32.2. The first-order valence-electron chi connectivity index (χ1n) is 8.40. The first-order chi connectivity index (χ1) is 12.7. The fourth-order valence-electron chi connectivity index (χ4n) is 2.86. The number of hydroxylamine groups is 3. The summed E-state index contributed by atoms with van der Waals surface area (Å²) in [4.78, 5) is 5.74. The van der Waals surface area contributed by atoms with Crippen LogP contribution in [0.3, 0.4) is 0 Å². The molecule has 2 aliphatic rings. The molecule has 0 amide bonds. The highest BCUT2D eigenvalue weighted by Crippen LogP contribution is 2.55. The van der Waals surface area contributed by atoms with Crippen LogP contribution in [0.1, 0.15) is 47.9 Å². The van der Waals surface area contributed by atoms with Gasteiger partial charge in [-0.3, -0.25) is 9.80 Å². The van der Waals surface area contributed by atoms with Crippen LogP contribution in [0.25, 0.3) is 4.91 Å². The predicted molar refractivity (Wildman–Crippen MR) is 118 cm³/mol. The molecule has 5 nitrogen and oxygen atoms in total. The molecule has 2 aromatic heterocycles. The van der Waals surface area contributed by atoms with Crippen LogP contribution in [-0.4, -0.2) is 31.7 Å². The van der Waals surface area contributed by atoms with Crippen molar-refractivity contribution in [1.82, 2.24) is 10.0 Å². The first kappa shape index (κ1) is 19.2. The van der Waals surface area contributed by atoms with Gasteiger partial charge in [-0.1, -0.05) is 17.8 Å². The minimum absolute atomic E-state index is 0.0835. The molecule has 0 aromatic carbocycles. The zero-order valence-corrected chi connectivity index (χ0v) is 18.6. The fraction of sp³-hybridized carbons (Fsp3) is 0.389. The molecule has 9 heteroatoms. The van der Waals surface area contributed by atoms with E-state index >= 15 is 0 Å². The SMILES string of the molecule is CC1(C)N([O-])C(c2cccc(C3=CSC(c4scc[s+]4)S3)n2)=[N+]([O-])C1(C)C. The van der Waals surface area contributed by atoms with E-state index < -0.39 is 11.1 Å². The van der Waals surface area contributed by atoms with Gasteiger partial charge in [0, 0.05) is 4.91 Å². The molecule has 2 aliphatic heterocycles. The van der Waals surface area contributed by atoms with Crippen molar-refractivity contribution in [2.45, 2.75) is 43.4 Å². The molecule has 1 atom stereocenters. The largest absolute Gasteiger partial charge is 0.714 e. The smallest absolute Gasteiger partial charge is 0.297 e. The Bertz CT molecular complexity index is 938. The summed E-state index contributed by atoms with van der Waals surface area (Å²) >= 11 is 7.06. The lowest BCUT2D eigenvalue weighted by atomic mass is 9.84. The van der Waals surface area contributed by atoms with Crippen molar-refractivity contribution in [3.63, 3.8) is 0 Å². The zero-order valence-electron chi connectivity index (χ0n) is 15.3. The molecular formula is C18H19N3O2S4. The van der Waals surface area contributed by atoms with Gasteiger partial charge in [0.2, 0.25) is 0 Å². The van der Waals surface area contributed by atoms with Crippen LogP contribution >= 0.6 is 46.2 Å².